The number of rotatable bonds is 6. The van der Waals surface area contributed by atoms with Crippen molar-refractivity contribution >= 4 is 21.6 Å². The number of anilines is 1. The quantitative estimate of drug-likeness (QED) is 0.841. The van der Waals surface area contributed by atoms with Crippen LogP contribution < -0.4 is 5.32 Å². The van der Waals surface area contributed by atoms with Gasteiger partial charge < -0.3 is 5.32 Å². The van der Waals surface area contributed by atoms with Crippen LogP contribution in [-0.2, 0) is 21.2 Å². The Bertz CT molecular complexity index is 888. The number of hydrogen-bond acceptors (Lipinski definition) is 3. The molecule has 0 aromatic heterocycles. The highest BCUT2D eigenvalue weighted by Gasteiger charge is 2.22. The van der Waals surface area contributed by atoms with Crippen LogP contribution in [0, 0.1) is 13.8 Å². The van der Waals surface area contributed by atoms with Gasteiger partial charge in [0.05, 0.1) is 11.3 Å². The maximum Gasteiger partial charge on any atom is 0.243 e. The molecule has 1 N–H and O–H groups in total. The van der Waals surface area contributed by atoms with Crippen molar-refractivity contribution in [1.82, 2.24) is 4.31 Å². The number of hydrogen-bond donors (Lipinski definition) is 1. The zero-order chi connectivity index (χ0) is 19.5. The second-order valence-corrected chi connectivity index (χ2v) is 8.78. The van der Waals surface area contributed by atoms with Crippen molar-refractivity contribution in [2.24, 2.45) is 0 Å². The molecule has 0 radical (unpaired) electrons. The Balaban J connectivity index is 2.07. The van der Waals surface area contributed by atoms with Crippen LogP contribution in [0.25, 0.3) is 0 Å². The lowest BCUT2D eigenvalue weighted by atomic mass is 10.0. The van der Waals surface area contributed by atoms with Gasteiger partial charge in [-0.2, -0.15) is 4.31 Å². The molecular formula is C20H26N2O3S. The number of nitrogens with zero attached hydrogens (tertiary/aromatic N) is 1. The highest BCUT2D eigenvalue weighted by molar-refractivity contribution is 7.89. The van der Waals surface area contributed by atoms with Gasteiger partial charge in [-0.05, 0) is 68.7 Å². The normalized spacial score (nSPS) is 11.8. The smallest absolute Gasteiger partial charge is 0.243 e. The van der Waals surface area contributed by atoms with Crippen molar-refractivity contribution in [3.05, 3.63) is 59.2 Å². The maximum absolute atomic E-state index is 12.4. The zero-order valence-electron chi connectivity index (χ0n) is 15.9. The molecule has 0 bridgehead atoms. The van der Waals surface area contributed by atoms with Crippen LogP contribution in [0.15, 0.2) is 47.4 Å². The average Bonchev–Trinajstić information content (AvgIpc) is 2.57. The molecule has 0 saturated heterocycles. The van der Waals surface area contributed by atoms with Crippen LogP contribution >= 0.6 is 0 Å². The second kappa shape index (κ2) is 8.01. The van der Waals surface area contributed by atoms with Gasteiger partial charge >= 0.3 is 0 Å². The molecule has 2 aromatic carbocycles. The number of carbonyl (C=O) groups excluding carboxylic acids is 1. The maximum atomic E-state index is 12.4. The fraction of sp³-hybridized carbons (Fsp3) is 0.350. The molecule has 0 heterocycles. The number of aryl methyl sites for hydroxylation is 2. The summed E-state index contributed by atoms with van der Waals surface area (Å²) in [6, 6.07) is 12.1. The van der Waals surface area contributed by atoms with Crippen molar-refractivity contribution in [2.75, 3.05) is 12.4 Å². The summed E-state index contributed by atoms with van der Waals surface area (Å²) in [4.78, 5) is 12.4. The van der Waals surface area contributed by atoms with E-state index in [0.717, 1.165) is 11.1 Å². The summed E-state index contributed by atoms with van der Waals surface area (Å²) in [6.07, 6.45) is 0.275. The predicted molar refractivity (Wildman–Crippen MR) is 105 cm³/mol. The molecule has 140 valence electrons. The number of nitrogens with one attached hydrogen (secondary N) is 1. The molecule has 6 heteroatoms. The first-order valence-electron chi connectivity index (χ1n) is 8.55. The van der Waals surface area contributed by atoms with E-state index in [9.17, 15) is 13.2 Å². The lowest BCUT2D eigenvalue weighted by Crippen LogP contribution is -2.33. The first-order valence-corrected chi connectivity index (χ1v) is 9.99. The van der Waals surface area contributed by atoms with Crippen molar-refractivity contribution in [3.63, 3.8) is 0 Å². The summed E-state index contributed by atoms with van der Waals surface area (Å²) in [5.74, 6) is -0.136. The van der Waals surface area contributed by atoms with Gasteiger partial charge in [-0.1, -0.05) is 18.2 Å². The molecule has 0 atom stereocenters. The first-order chi connectivity index (χ1) is 12.1. The Morgan fingerprint density at radius 3 is 2.19 bits per heavy atom. The van der Waals surface area contributed by atoms with E-state index in [2.05, 4.69) is 5.32 Å². The second-order valence-electron chi connectivity index (χ2n) is 6.78. The van der Waals surface area contributed by atoms with E-state index < -0.39 is 10.0 Å². The van der Waals surface area contributed by atoms with Gasteiger partial charge in [0.15, 0.2) is 0 Å². The topological polar surface area (TPSA) is 66.5 Å². The molecule has 0 aliphatic heterocycles. The summed E-state index contributed by atoms with van der Waals surface area (Å²) in [6.45, 7) is 7.69. The molecule has 0 aliphatic rings. The summed E-state index contributed by atoms with van der Waals surface area (Å²) < 4.78 is 26.2. The standard InChI is InChI=1S/C20H26N2O3S/c1-14(2)22(5)26(24,25)19-10-8-18(9-11-19)21-20(23)13-17-7-6-15(3)16(4)12-17/h6-12,14H,13H2,1-5H3,(H,21,23). The Kier molecular flexibility index (Phi) is 6.21. The fourth-order valence-electron chi connectivity index (χ4n) is 2.46. The third-order valence-corrected chi connectivity index (χ3v) is 6.53. The summed E-state index contributed by atoms with van der Waals surface area (Å²) in [5, 5.41) is 2.81. The Labute approximate surface area is 156 Å². The Morgan fingerprint density at radius 2 is 1.65 bits per heavy atom. The number of sulfonamides is 1. The van der Waals surface area contributed by atoms with Crippen molar-refractivity contribution in [1.29, 1.82) is 0 Å². The minimum atomic E-state index is -3.52. The fourth-order valence-corrected chi connectivity index (χ4v) is 3.83. The summed E-state index contributed by atoms with van der Waals surface area (Å²) >= 11 is 0. The van der Waals surface area contributed by atoms with Crippen LogP contribution in [0.5, 0.6) is 0 Å². The lowest BCUT2D eigenvalue weighted by Gasteiger charge is -2.21. The third-order valence-electron chi connectivity index (χ3n) is 4.48. The van der Waals surface area contributed by atoms with E-state index in [1.54, 1.807) is 19.2 Å². The van der Waals surface area contributed by atoms with Crippen LogP contribution in [0.4, 0.5) is 5.69 Å². The van der Waals surface area contributed by atoms with Crippen LogP contribution in [0.1, 0.15) is 30.5 Å². The van der Waals surface area contributed by atoms with Crippen LogP contribution in [0.2, 0.25) is 0 Å². The number of amides is 1. The summed E-state index contributed by atoms with van der Waals surface area (Å²) in [7, 11) is -1.97. The SMILES string of the molecule is Cc1ccc(CC(=O)Nc2ccc(S(=O)(=O)N(C)C(C)C)cc2)cc1C. The number of benzene rings is 2. The van der Waals surface area contributed by atoms with E-state index in [1.807, 2.05) is 45.9 Å². The van der Waals surface area contributed by atoms with Crippen molar-refractivity contribution in [3.8, 4) is 0 Å². The number of carbonyl (C=O) groups is 1. The molecule has 2 rings (SSSR count). The molecule has 0 unspecified atom stereocenters. The van der Waals surface area contributed by atoms with E-state index in [1.165, 1.54) is 22.0 Å². The van der Waals surface area contributed by atoms with Gasteiger partial charge in [-0.25, -0.2) is 8.42 Å². The monoisotopic (exact) mass is 374 g/mol. The molecule has 0 spiro atoms. The van der Waals surface area contributed by atoms with E-state index in [0.29, 0.717) is 5.69 Å². The van der Waals surface area contributed by atoms with Crippen LogP contribution in [0.3, 0.4) is 0 Å². The van der Waals surface area contributed by atoms with E-state index >= 15 is 0 Å². The Morgan fingerprint density at radius 1 is 1.04 bits per heavy atom. The molecule has 2 aromatic rings. The van der Waals surface area contributed by atoms with Gasteiger partial charge in [0, 0.05) is 18.8 Å². The molecule has 0 saturated carbocycles. The minimum absolute atomic E-state index is 0.127. The van der Waals surface area contributed by atoms with E-state index in [4.69, 9.17) is 0 Å². The van der Waals surface area contributed by atoms with Gasteiger partial charge in [0.25, 0.3) is 0 Å². The highest BCUT2D eigenvalue weighted by atomic mass is 32.2. The van der Waals surface area contributed by atoms with Crippen molar-refractivity contribution < 1.29 is 13.2 Å². The highest BCUT2D eigenvalue weighted by Crippen LogP contribution is 2.19. The zero-order valence-corrected chi connectivity index (χ0v) is 16.7. The lowest BCUT2D eigenvalue weighted by molar-refractivity contribution is -0.115. The van der Waals surface area contributed by atoms with Gasteiger partial charge in [0.2, 0.25) is 15.9 Å². The van der Waals surface area contributed by atoms with Gasteiger partial charge in [-0.15, -0.1) is 0 Å². The molecule has 0 fully saturated rings. The van der Waals surface area contributed by atoms with Gasteiger partial charge in [0.1, 0.15) is 0 Å². The average molecular weight is 375 g/mol. The molecule has 5 nitrogen and oxygen atoms in total. The molecule has 0 aliphatic carbocycles. The minimum Gasteiger partial charge on any atom is -0.326 e. The molecule has 1 amide bonds. The van der Waals surface area contributed by atoms with E-state index in [-0.39, 0.29) is 23.3 Å². The first kappa shape index (κ1) is 20.1. The largest absolute Gasteiger partial charge is 0.326 e. The third kappa shape index (κ3) is 4.71. The predicted octanol–water partition coefficient (Wildman–Crippen LogP) is 3.51. The van der Waals surface area contributed by atoms with Gasteiger partial charge in [-0.3, -0.25) is 4.79 Å². The van der Waals surface area contributed by atoms with Crippen molar-refractivity contribution in [2.45, 2.75) is 45.1 Å². The Hall–Kier alpha value is -2.18. The molecule has 26 heavy (non-hydrogen) atoms. The van der Waals surface area contributed by atoms with Crippen LogP contribution in [-0.4, -0.2) is 31.7 Å². The summed E-state index contributed by atoms with van der Waals surface area (Å²) in [5.41, 5.74) is 3.87. The molecular weight excluding hydrogens is 348 g/mol.